The van der Waals surface area contributed by atoms with Gasteiger partial charge in [0.15, 0.2) is 0 Å². The SMILES string of the molecule is CCOC(=O)CCc1ccc(OCCc2cnc(-c3ccc(C)cc3C)[nH]2)cc1CC. The van der Waals surface area contributed by atoms with Crippen LogP contribution in [0.25, 0.3) is 11.4 Å². The smallest absolute Gasteiger partial charge is 0.306 e. The lowest BCUT2D eigenvalue weighted by Gasteiger charge is -2.11. The van der Waals surface area contributed by atoms with Crippen molar-refractivity contribution < 1.29 is 14.3 Å². The van der Waals surface area contributed by atoms with Crippen LogP contribution in [0.1, 0.15) is 48.2 Å². The van der Waals surface area contributed by atoms with E-state index >= 15 is 0 Å². The predicted octanol–water partition coefficient (Wildman–Crippen LogP) is 5.37. The highest BCUT2D eigenvalue weighted by Gasteiger charge is 2.09. The molecule has 5 nitrogen and oxygen atoms in total. The third-order valence-electron chi connectivity index (χ3n) is 5.37. The maximum Gasteiger partial charge on any atom is 0.306 e. The number of H-pyrrole nitrogens is 1. The van der Waals surface area contributed by atoms with Gasteiger partial charge in [0.05, 0.1) is 13.2 Å². The summed E-state index contributed by atoms with van der Waals surface area (Å²) in [6.45, 7) is 9.14. The van der Waals surface area contributed by atoms with Crippen LogP contribution in [-0.2, 0) is 28.8 Å². The number of hydrogen-bond donors (Lipinski definition) is 1. The molecular weight excluding hydrogens is 388 g/mol. The highest BCUT2D eigenvalue weighted by Crippen LogP contribution is 2.23. The fraction of sp³-hybridized carbons (Fsp3) is 0.385. The molecule has 0 fully saturated rings. The fourth-order valence-corrected chi connectivity index (χ4v) is 3.72. The van der Waals surface area contributed by atoms with Crippen LogP contribution < -0.4 is 4.74 Å². The number of ether oxygens (including phenoxy) is 2. The lowest BCUT2D eigenvalue weighted by atomic mass is 10.0. The minimum Gasteiger partial charge on any atom is -0.493 e. The summed E-state index contributed by atoms with van der Waals surface area (Å²) in [6, 6.07) is 12.5. The molecule has 0 saturated carbocycles. The number of aryl methyl sites for hydroxylation is 4. The van der Waals surface area contributed by atoms with Crippen LogP contribution in [0.5, 0.6) is 5.75 Å². The zero-order valence-corrected chi connectivity index (χ0v) is 19.0. The monoisotopic (exact) mass is 420 g/mol. The minimum atomic E-state index is -0.148. The molecule has 3 aromatic rings. The summed E-state index contributed by atoms with van der Waals surface area (Å²) in [4.78, 5) is 19.6. The number of imidazole rings is 1. The van der Waals surface area contributed by atoms with E-state index in [0.29, 0.717) is 26.1 Å². The first-order chi connectivity index (χ1) is 15.0. The van der Waals surface area contributed by atoms with Crippen LogP contribution in [-0.4, -0.2) is 29.2 Å². The van der Waals surface area contributed by atoms with Crippen LogP contribution in [0, 0.1) is 13.8 Å². The molecule has 1 heterocycles. The third kappa shape index (κ3) is 6.20. The average Bonchev–Trinajstić information content (AvgIpc) is 3.21. The van der Waals surface area contributed by atoms with Crippen molar-refractivity contribution in [2.45, 2.75) is 53.4 Å². The second-order valence-electron chi connectivity index (χ2n) is 7.76. The zero-order valence-electron chi connectivity index (χ0n) is 19.0. The quantitative estimate of drug-likeness (QED) is 0.448. The van der Waals surface area contributed by atoms with Crippen molar-refractivity contribution in [2.75, 3.05) is 13.2 Å². The molecule has 0 bridgehead atoms. The Morgan fingerprint density at radius 1 is 1.03 bits per heavy atom. The normalized spacial score (nSPS) is 10.8. The summed E-state index contributed by atoms with van der Waals surface area (Å²) in [5, 5.41) is 0. The summed E-state index contributed by atoms with van der Waals surface area (Å²) in [5.41, 5.74) is 7.03. The number of aromatic amines is 1. The van der Waals surface area contributed by atoms with Crippen molar-refractivity contribution in [3.63, 3.8) is 0 Å². The Bertz CT molecular complexity index is 1020. The summed E-state index contributed by atoms with van der Waals surface area (Å²) in [5.74, 6) is 1.60. The van der Waals surface area contributed by atoms with Crippen LogP contribution >= 0.6 is 0 Å². The molecule has 0 amide bonds. The van der Waals surface area contributed by atoms with E-state index < -0.39 is 0 Å². The van der Waals surface area contributed by atoms with E-state index in [1.807, 2.05) is 19.2 Å². The first-order valence-corrected chi connectivity index (χ1v) is 11.0. The van der Waals surface area contributed by atoms with Gasteiger partial charge >= 0.3 is 5.97 Å². The lowest BCUT2D eigenvalue weighted by Crippen LogP contribution is -2.07. The number of rotatable bonds is 10. The van der Waals surface area contributed by atoms with E-state index in [2.05, 4.69) is 61.1 Å². The first kappa shape index (κ1) is 22.6. The Kier molecular flexibility index (Phi) is 7.88. The van der Waals surface area contributed by atoms with E-state index in [0.717, 1.165) is 35.7 Å². The minimum absolute atomic E-state index is 0.148. The number of carbonyl (C=O) groups is 1. The largest absolute Gasteiger partial charge is 0.493 e. The molecule has 0 aliphatic heterocycles. The maximum absolute atomic E-state index is 11.6. The fourth-order valence-electron chi connectivity index (χ4n) is 3.72. The standard InChI is InChI=1S/C26H32N2O3/c1-5-20-16-23(10-8-21(20)9-12-25(29)30-6-2)31-14-13-22-17-27-26(28-22)24-11-7-18(3)15-19(24)4/h7-8,10-11,15-17H,5-6,9,12-14H2,1-4H3,(H,27,28). The highest BCUT2D eigenvalue weighted by atomic mass is 16.5. The molecular formula is C26H32N2O3. The summed E-state index contributed by atoms with van der Waals surface area (Å²) in [6.07, 6.45) is 4.63. The van der Waals surface area contributed by atoms with Gasteiger partial charge in [-0.3, -0.25) is 4.79 Å². The molecule has 31 heavy (non-hydrogen) atoms. The molecule has 0 saturated heterocycles. The van der Waals surface area contributed by atoms with Gasteiger partial charge in [0.2, 0.25) is 0 Å². The number of benzene rings is 2. The Morgan fingerprint density at radius 3 is 2.61 bits per heavy atom. The number of hydrogen-bond acceptors (Lipinski definition) is 4. The van der Waals surface area contributed by atoms with E-state index in [1.54, 1.807) is 0 Å². The Hall–Kier alpha value is -3.08. The van der Waals surface area contributed by atoms with Crippen LogP contribution in [0.2, 0.25) is 0 Å². The molecule has 1 aromatic heterocycles. The Morgan fingerprint density at radius 2 is 1.87 bits per heavy atom. The predicted molar refractivity (Wildman–Crippen MR) is 123 cm³/mol. The molecule has 0 spiro atoms. The van der Waals surface area contributed by atoms with Gasteiger partial charge in [-0.15, -0.1) is 0 Å². The van der Waals surface area contributed by atoms with Gasteiger partial charge in [-0.25, -0.2) is 4.98 Å². The molecule has 0 unspecified atom stereocenters. The number of aromatic nitrogens is 2. The van der Waals surface area contributed by atoms with E-state index in [4.69, 9.17) is 9.47 Å². The molecule has 0 aliphatic carbocycles. The van der Waals surface area contributed by atoms with E-state index in [9.17, 15) is 4.79 Å². The van der Waals surface area contributed by atoms with Crippen LogP contribution in [0.3, 0.4) is 0 Å². The molecule has 5 heteroatoms. The number of nitrogens with zero attached hydrogens (tertiary/aromatic N) is 1. The second-order valence-corrected chi connectivity index (χ2v) is 7.76. The maximum atomic E-state index is 11.6. The molecule has 0 atom stereocenters. The molecule has 0 radical (unpaired) electrons. The topological polar surface area (TPSA) is 64.2 Å². The summed E-state index contributed by atoms with van der Waals surface area (Å²) >= 11 is 0. The van der Waals surface area contributed by atoms with Crippen molar-refractivity contribution >= 4 is 5.97 Å². The molecule has 2 aromatic carbocycles. The Balaban J connectivity index is 1.56. The highest BCUT2D eigenvalue weighted by molar-refractivity contribution is 5.69. The van der Waals surface area contributed by atoms with Gasteiger partial charge in [-0.2, -0.15) is 0 Å². The van der Waals surface area contributed by atoms with E-state index in [1.165, 1.54) is 22.3 Å². The summed E-state index contributed by atoms with van der Waals surface area (Å²) in [7, 11) is 0. The van der Waals surface area contributed by atoms with Gasteiger partial charge < -0.3 is 14.5 Å². The third-order valence-corrected chi connectivity index (χ3v) is 5.37. The average molecular weight is 421 g/mol. The van der Waals surface area contributed by atoms with Gasteiger partial charge in [-0.05, 0) is 62.4 Å². The molecule has 0 aliphatic rings. The van der Waals surface area contributed by atoms with Crippen molar-refractivity contribution in [1.82, 2.24) is 9.97 Å². The molecule has 3 rings (SSSR count). The Labute approximate surface area is 184 Å². The van der Waals surface area contributed by atoms with Gasteiger partial charge in [0.1, 0.15) is 11.6 Å². The number of carbonyl (C=O) groups excluding carboxylic acids is 1. The van der Waals surface area contributed by atoms with Gasteiger partial charge in [0, 0.05) is 30.3 Å². The number of nitrogens with one attached hydrogen (secondary N) is 1. The van der Waals surface area contributed by atoms with Crippen molar-refractivity contribution in [2.24, 2.45) is 0 Å². The van der Waals surface area contributed by atoms with Crippen molar-refractivity contribution in [3.8, 4) is 17.1 Å². The molecule has 1 N–H and O–H groups in total. The van der Waals surface area contributed by atoms with Crippen molar-refractivity contribution in [3.05, 3.63) is 70.5 Å². The summed E-state index contributed by atoms with van der Waals surface area (Å²) < 4.78 is 11.0. The first-order valence-electron chi connectivity index (χ1n) is 11.0. The van der Waals surface area contributed by atoms with Crippen molar-refractivity contribution in [1.29, 1.82) is 0 Å². The van der Waals surface area contributed by atoms with Gasteiger partial charge in [-0.1, -0.05) is 36.8 Å². The van der Waals surface area contributed by atoms with E-state index in [-0.39, 0.29) is 5.97 Å². The van der Waals surface area contributed by atoms with Crippen LogP contribution in [0.15, 0.2) is 42.6 Å². The zero-order chi connectivity index (χ0) is 22.2. The lowest BCUT2D eigenvalue weighted by molar-refractivity contribution is -0.143. The van der Waals surface area contributed by atoms with Gasteiger partial charge in [0.25, 0.3) is 0 Å². The number of esters is 1. The molecule has 164 valence electrons. The van der Waals surface area contributed by atoms with Crippen LogP contribution in [0.4, 0.5) is 0 Å². The second kappa shape index (κ2) is 10.8.